The number of anilines is 1. The maximum Gasteiger partial charge on any atom is 0.407 e. The molecule has 1 amide bonds. The molecule has 3 rings (SSSR count). The largest absolute Gasteiger partial charge is 0.444 e. The Bertz CT molecular complexity index is 657. The van der Waals surface area contributed by atoms with Crippen LogP contribution in [-0.4, -0.2) is 35.8 Å². The monoisotopic (exact) mass is 317 g/mol. The number of piperidine rings is 1. The fourth-order valence-corrected chi connectivity index (χ4v) is 2.74. The third kappa shape index (κ3) is 3.94. The van der Waals surface area contributed by atoms with Gasteiger partial charge < -0.3 is 19.4 Å². The molecule has 6 nitrogen and oxygen atoms in total. The van der Waals surface area contributed by atoms with E-state index < -0.39 is 5.60 Å². The fourth-order valence-electron chi connectivity index (χ4n) is 2.74. The summed E-state index contributed by atoms with van der Waals surface area (Å²) in [7, 11) is 0. The maximum absolute atomic E-state index is 11.9. The Labute approximate surface area is 135 Å². The zero-order valence-corrected chi connectivity index (χ0v) is 13.8. The van der Waals surface area contributed by atoms with Gasteiger partial charge in [-0.1, -0.05) is 12.1 Å². The van der Waals surface area contributed by atoms with Crippen molar-refractivity contribution >= 4 is 23.2 Å². The number of fused-ring (bicyclic) bond motifs is 1. The minimum absolute atomic E-state index is 0.0358. The molecule has 6 heteroatoms. The van der Waals surface area contributed by atoms with Crippen LogP contribution in [0.3, 0.4) is 0 Å². The second-order valence-electron chi connectivity index (χ2n) is 6.90. The molecule has 1 aliphatic rings. The molecule has 2 heterocycles. The van der Waals surface area contributed by atoms with Crippen molar-refractivity contribution in [3.8, 4) is 0 Å². The molecule has 0 radical (unpaired) electrons. The van der Waals surface area contributed by atoms with Crippen LogP contribution in [0.5, 0.6) is 0 Å². The molecule has 0 saturated carbocycles. The summed E-state index contributed by atoms with van der Waals surface area (Å²) in [5, 5.41) is 2.94. The van der Waals surface area contributed by atoms with Crippen LogP contribution in [0.2, 0.25) is 0 Å². The average molecular weight is 317 g/mol. The Balaban J connectivity index is 1.65. The lowest BCUT2D eigenvalue weighted by molar-refractivity contribution is 0.0499. The highest BCUT2D eigenvalue weighted by Crippen LogP contribution is 2.24. The number of benzene rings is 1. The van der Waals surface area contributed by atoms with Crippen LogP contribution in [0, 0.1) is 0 Å². The number of nitrogens with zero attached hydrogens (tertiary/aromatic N) is 2. The molecule has 1 fully saturated rings. The number of carbonyl (C=O) groups is 1. The number of ether oxygens (including phenoxy) is 1. The Hall–Kier alpha value is -2.24. The van der Waals surface area contributed by atoms with Crippen molar-refractivity contribution in [2.45, 2.75) is 45.3 Å². The molecule has 1 N–H and O–H groups in total. The predicted octanol–water partition coefficient (Wildman–Crippen LogP) is 3.32. The number of hydrogen-bond acceptors (Lipinski definition) is 5. The molecule has 1 aromatic carbocycles. The van der Waals surface area contributed by atoms with Gasteiger partial charge in [0, 0.05) is 19.1 Å². The summed E-state index contributed by atoms with van der Waals surface area (Å²) >= 11 is 0. The number of aromatic nitrogens is 1. The van der Waals surface area contributed by atoms with E-state index in [1.54, 1.807) is 0 Å². The highest BCUT2D eigenvalue weighted by molar-refractivity contribution is 5.74. The van der Waals surface area contributed by atoms with Crippen molar-refractivity contribution in [3.05, 3.63) is 24.3 Å². The topological polar surface area (TPSA) is 67.6 Å². The van der Waals surface area contributed by atoms with Gasteiger partial charge in [-0.15, -0.1) is 0 Å². The first kappa shape index (κ1) is 15.6. The highest BCUT2D eigenvalue weighted by atomic mass is 16.6. The molecule has 0 unspecified atom stereocenters. The lowest BCUT2D eigenvalue weighted by atomic mass is 10.1. The zero-order chi connectivity index (χ0) is 16.4. The van der Waals surface area contributed by atoms with Crippen molar-refractivity contribution in [1.82, 2.24) is 10.3 Å². The standard InChI is InChI=1S/C17H23N3O3/c1-17(2,3)23-16(21)18-12-7-6-10-20(11-12)15-19-13-8-4-5-9-14(13)22-15/h4-5,8-9,12H,6-7,10-11H2,1-3H3,(H,18,21)/t12-/m0/s1. The lowest BCUT2D eigenvalue weighted by Crippen LogP contribution is -2.49. The number of carbonyl (C=O) groups excluding carboxylic acids is 1. The van der Waals surface area contributed by atoms with E-state index in [9.17, 15) is 4.79 Å². The molecule has 1 aliphatic heterocycles. The third-order valence-corrected chi connectivity index (χ3v) is 3.70. The first-order valence-corrected chi connectivity index (χ1v) is 8.01. The summed E-state index contributed by atoms with van der Waals surface area (Å²) < 4.78 is 11.1. The van der Waals surface area contributed by atoms with E-state index in [1.807, 2.05) is 45.0 Å². The molecule has 0 spiro atoms. The molecule has 0 aliphatic carbocycles. The zero-order valence-electron chi connectivity index (χ0n) is 13.8. The van der Waals surface area contributed by atoms with E-state index in [4.69, 9.17) is 9.15 Å². The van der Waals surface area contributed by atoms with E-state index in [0.717, 1.165) is 30.5 Å². The van der Waals surface area contributed by atoms with Gasteiger partial charge in [-0.25, -0.2) is 4.79 Å². The molecule has 23 heavy (non-hydrogen) atoms. The second kappa shape index (κ2) is 6.10. The molecule has 124 valence electrons. The van der Waals surface area contributed by atoms with Crippen molar-refractivity contribution in [2.24, 2.45) is 0 Å². The van der Waals surface area contributed by atoms with Gasteiger partial charge in [0.05, 0.1) is 0 Å². The van der Waals surface area contributed by atoms with Gasteiger partial charge in [0.1, 0.15) is 11.1 Å². The van der Waals surface area contributed by atoms with Gasteiger partial charge in [0.15, 0.2) is 5.58 Å². The summed E-state index contributed by atoms with van der Waals surface area (Å²) in [6.07, 6.45) is 1.52. The van der Waals surface area contributed by atoms with E-state index in [-0.39, 0.29) is 12.1 Å². The Kier molecular flexibility index (Phi) is 4.15. The number of rotatable bonds is 2. The normalized spacial score (nSPS) is 18.9. The first-order chi connectivity index (χ1) is 10.9. The summed E-state index contributed by atoms with van der Waals surface area (Å²) in [5.41, 5.74) is 1.15. The number of alkyl carbamates (subject to hydrolysis) is 1. The maximum atomic E-state index is 11.9. The van der Waals surface area contributed by atoms with Crippen LogP contribution >= 0.6 is 0 Å². The molecule has 1 saturated heterocycles. The van der Waals surface area contributed by atoms with Gasteiger partial charge in [-0.2, -0.15) is 4.98 Å². The number of amides is 1. The molecule has 1 atom stereocenters. The van der Waals surface area contributed by atoms with Gasteiger partial charge in [-0.3, -0.25) is 0 Å². The van der Waals surface area contributed by atoms with Gasteiger partial charge in [-0.05, 0) is 45.7 Å². The number of para-hydroxylation sites is 2. The van der Waals surface area contributed by atoms with Crippen LogP contribution in [0.4, 0.5) is 10.8 Å². The van der Waals surface area contributed by atoms with Crippen molar-refractivity contribution in [1.29, 1.82) is 0 Å². The highest BCUT2D eigenvalue weighted by Gasteiger charge is 2.26. The van der Waals surface area contributed by atoms with E-state index in [1.165, 1.54) is 0 Å². The van der Waals surface area contributed by atoms with Gasteiger partial charge >= 0.3 is 6.09 Å². The summed E-state index contributed by atoms with van der Waals surface area (Å²) in [6, 6.07) is 8.36. The van der Waals surface area contributed by atoms with Crippen LogP contribution in [-0.2, 0) is 4.74 Å². The lowest BCUT2D eigenvalue weighted by Gasteiger charge is -2.32. The molecule has 2 aromatic rings. The quantitative estimate of drug-likeness (QED) is 0.920. The number of hydrogen-bond donors (Lipinski definition) is 1. The minimum Gasteiger partial charge on any atom is -0.444 e. The molecular weight excluding hydrogens is 294 g/mol. The van der Waals surface area contributed by atoms with Crippen molar-refractivity contribution in [2.75, 3.05) is 18.0 Å². The minimum atomic E-state index is -0.487. The molecule has 0 bridgehead atoms. The number of nitrogens with one attached hydrogen (secondary N) is 1. The Morgan fingerprint density at radius 3 is 2.91 bits per heavy atom. The van der Waals surface area contributed by atoms with E-state index >= 15 is 0 Å². The fraction of sp³-hybridized carbons (Fsp3) is 0.529. The van der Waals surface area contributed by atoms with Crippen LogP contribution in [0.1, 0.15) is 33.6 Å². The summed E-state index contributed by atoms with van der Waals surface area (Å²) in [5.74, 6) is 0. The van der Waals surface area contributed by atoms with Gasteiger partial charge in [0.25, 0.3) is 6.01 Å². The van der Waals surface area contributed by atoms with E-state index in [0.29, 0.717) is 12.6 Å². The Morgan fingerprint density at radius 1 is 1.39 bits per heavy atom. The Morgan fingerprint density at radius 2 is 2.17 bits per heavy atom. The van der Waals surface area contributed by atoms with Crippen molar-refractivity contribution in [3.63, 3.8) is 0 Å². The van der Waals surface area contributed by atoms with Crippen LogP contribution in [0.15, 0.2) is 28.7 Å². The van der Waals surface area contributed by atoms with Gasteiger partial charge in [0.2, 0.25) is 0 Å². The van der Waals surface area contributed by atoms with Crippen molar-refractivity contribution < 1.29 is 13.9 Å². The number of oxazole rings is 1. The summed E-state index contributed by atoms with van der Waals surface area (Å²) in [6.45, 7) is 7.12. The SMILES string of the molecule is CC(C)(C)OC(=O)N[C@H]1CCCN(c2nc3ccccc3o2)C1. The molecular formula is C17H23N3O3. The summed E-state index contributed by atoms with van der Waals surface area (Å²) in [4.78, 5) is 18.5. The second-order valence-corrected chi connectivity index (χ2v) is 6.90. The molecule has 1 aromatic heterocycles. The van der Waals surface area contributed by atoms with E-state index in [2.05, 4.69) is 15.2 Å². The third-order valence-electron chi connectivity index (χ3n) is 3.70. The first-order valence-electron chi connectivity index (χ1n) is 8.01. The van der Waals surface area contributed by atoms with Crippen LogP contribution < -0.4 is 10.2 Å². The average Bonchev–Trinajstić information content (AvgIpc) is 2.89. The van der Waals surface area contributed by atoms with Crippen LogP contribution in [0.25, 0.3) is 11.1 Å². The predicted molar refractivity (Wildman–Crippen MR) is 88.6 cm³/mol. The smallest absolute Gasteiger partial charge is 0.407 e.